The van der Waals surface area contributed by atoms with Gasteiger partial charge in [0.1, 0.15) is 11.0 Å². The van der Waals surface area contributed by atoms with Gasteiger partial charge in [-0.05, 0) is 44.6 Å². The second-order valence-corrected chi connectivity index (χ2v) is 8.57. The minimum atomic E-state index is -0.327. The minimum absolute atomic E-state index is 0.0972. The van der Waals surface area contributed by atoms with E-state index in [9.17, 15) is 9.59 Å². The molecule has 5 nitrogen and oxygen atoms in total. The molecule has 0 unspecified atom stereocenters. The average Bonchev–Trinajstić information content (AvgIpc) is 3.03. The molecule has 1 aliphatic carbocycles. The highest BCUT2D eigenvalue weighted by Gasteiger charge is 2.29. The summed E-state index contributed by atoms with van der Waals surface area (Å²) in [5, 5.41) is 5.62. The Balaban J connectivity index is 1.70. The zero-order valence-corrected chi connectivity index (χ0v) is 17.6. The Morgan fingerprint density at radius 2 is 2.07 bits per heavy atom. The number of nitrogens with two attached hydrogens (primary N) is 1. The Labute approximate surface area is 170 Å². The fourth-order valence-corrected chi connectivity index (χ4v) is 5.03. The number of fused-ring (bicyclic) bond motifs is 1. The van der Waals surface area contributed by atoms with Gasteiger partial charge in [0.2, 0.25) is 0 Å². The normalized spacial score (nSPS) is 16.9. The van der Waals surface area contributed by atoms with Gasteiger partial charge < -0.3 is 15.4 Å². The largest absolute Gasteiger partial charge is 0.462 e. The van der Waals surface area contributed by atoms with Crippen molar-refractivity contribution in [2.75, 3.05) is 18.5 Å². The van der Waals surface area contributed by atoms with E-state index in [1.807, 2.05) is 23.5 Å². The molecule has 0 aliphatic heterocycles. The van der Waals surface area contributed by atoms with Crippen LogP contribution in [0.2, 0.25) is 0 Å². The number of carbonyl (C=O) groups is 2. The first-order valence-corrected chi connectivity index (χ1v) is 10.8. The van der Waals surface area contributed by atoms with Crippen molar-refractivity contribution in [3.05, 3.63) is 51.9 Å². The Kier molecular flexibility index (Phi) is 6.86. The molecule has 0 spiro atoms. The van der Waals surface area contributed by atoms with Crippen molar-refractivity contribution in [1.82, 2.24) is 0 Å². The van der Waals surface area contributed by atoms with Crippen LogP contribution in [0.3, 0.4) is 0 Å². The van der Waals surface area contributed by atoms with Crippen molar-refractivity contribution >= 4 is 28.2 Å². The Bertz CT molecular complexity index is 832. The van der Waals surface area contributed by atoms with Crippen molar-refractivity contribution in [3.63, 3.8) is 0 Å². The van der Waals surface area contributed by atoms with Crippen molar-refractivity contribution in [3.8, 4) is 0 Å². The number of amides is 1. The number of nitrogens with one attached hydrogen (secondary N) is 1. The van der Waals surface area contributed by atoms with Gasteiger partial charge in [0, 0.05) is 10.4 Å². The molecule has 0 bridgehead atoms. The molecular formula is C22H29N2O3S+. The molecule has 1 heterocycles. The van der Waals surface area contributed by atoms with Crippen LogP contribution >= 0.6 is 11.3 Å². The molecule has 3 N–H and O–H groups in total. The first kappa shape index (κ1) is 20.6. The first-order chi connectivity index (χ1) is 13.5. The van der Waals surface area contributed by atoms with E-state index in [0.29, 0.717) is 29.6 Å². The van der Waals surface area contributed by atoms with Crippen LogP contribution in [0.5, 0.6) is 0 Å². The summed E-state index contributed by atoms with van der Waals surface area (Å²) < 4.78 is 5.27. The summed E-state index contributed by atoms with van der Waals surface area (Å²) in [6.07, 6.45) is 2.89. The Morgan fingerprint density at radius 1 is 1.32 bits per heavy atom. The summed E-state index contributed by atoms with van der Waals surface area (Å²) >= 11 is 1.53. The lowest BCUT2D eigenvalue weighted by atomic mass is 9.88. The van der Waals surface area contributed by atoms with Gasteiger partial charge in [-0.3, -0.25) is 4.79 Å². The number of benzene rings is 1. The molecule has 150 valence electrons. The van der Waals surface area contributed by atoms with Crippen LogP contribution in [-0.2, 0) is 22.4 Å². The lowest BCUT2D eigenvalue weighted by Crippen LogP contribution is -2.86. The predicted octanol–water partition coefficient (Wildman–Crippen LogP) is 3.31. The molecule has 3 rings (SSSR count). The van der Waals surface area contributed by atoms with Crippen molar-refractivity contribution < 1.29 is 19.6 Å². The van der Waals surface area contributed by atoms with Gasteiger partial charge >= 0.3 is 5.97 Å². The summed E-state index contributed by atoms with van der Waals surface area (Å²) in [7, 11) is 0. The molecule has 0 radical (unpaired) electrons. The number of rotatable bonds is 7. The molecular weight excluding hydrogens is 372 g/mol. The van der Waals surface area contributed by atoms with Gasteiger partial charge in [-0.2, -0.15) is 0 Å². The second-order valence-electron chi connectivity index (χ2n) is 7.46. The zero-order chi connectivity index (χ0) is 20.1. The first-order valence-electron chi connectivity index (χ1n) is 9.99. The van der Waals surface area contributed by atoms with Crippen LogP contribution in [0.15, 0.2) is 30.3 Å². The van der Waals surface area contributed by atoms with E-state index in [-0.39, 0.29) is 17.9 Å². The van der Waals surface area contributed by atoms with Crippen molar-refractivity contribution in [1.29, 1.82) is 0 Å². The Hall–Kier alpha value is -2.18. The van der Waals surface area contributed by atoms with E-state index in [2.05, 4.69) is 31.3 Å². The number of thiophene rings is 1. The fraction of sp³-hybridized carbons (Fsp3) is 0.455. The van der Waals surface area contributed by atoms with Crippen LogP contribution in [0, 0.1) is 5.92 Å². The molecule has 1 aromatic heterocycles. The number of hydrogen-bond acceptors (Lipinski definition) is 4. The highest BCUT2D eigenvalue weighted by molar-refractivity contribution is 7.17. The number of ether oxygens (including phenoxy) is 1. The van der Waals surface area contributed by atoms with Crippen molar-refractivity contribution in [2.24, 2.45) is 5.92 Å². The quantitative estimate of drug-likeness (QED) is 0.699. The smallest absolute Gasteiger partial charge is 0.341 e. The standard InChI is InChI=1S/C22H28N2O3S/c1-4-27-22(26)20-17-11-10-14(2)12-18(17)28-21(20)24-19(25)13-23-15(3)16-8-6-5-7-9-16/h5-9,14-15,23H,4,10-13H2,1-3H3,(H,24,25)/p+1/t14-,15-/m0/s1. The summed E-state index contributed by atoms with van der Waals surface area (Å²) in [4.78, 5) is 26.3. The van der Waals surface area contributed by atoms with Gasteiger partial charge in [-0.1, -0.05) is 37.3 Å². The van der Waals surface area contributed by atoms with Gasteiger partial charge in [0.05, 0.1) is 12.2 Å². The third kappa shape index (κ3) is 4.80. The molecule has 1 aromatic carbocycles. The van der Waals surface area contributed by atoms with E-state index in [1.54, 1.807) is 6.92 Å². The van der Waals surface area contributed by atoms with Gasteiger partial charge in [-0.15, -0.1) is 11.3 Å². The minimum Gasteiger partial charge on any atom is -0.462 e. The highest BCUT2D eigenvalue weighted by atomic mass is 32.1. The molecule has 2 atom stereocenters. The SMILES string of the molecule is CCOC(=O)c1c(NC(=O)C[NH2+][C@@H](C)c2ccccc2)sc2c1CC[C@H](C)C2. The maximum Gasteiger partial charge on any atom is 0.341 e. The third-order valence-electron chi connectivity index (χ3n) is 5.23. The van der Waals surface area contributed by atoms with Crippen LogP contribution in [0.1, 0.15) is 59.6 Å². The number of quaternary nitrogens is 1. The van der Waals surface area contributed by atoms with Gasteiger partial charge in [0.25, 0.3) is 5.91 Å². The van der Waals surface area contributed by atoms with E-state index in [4.69, 9.17) is 4.74 Å². The highest BCUT2D eigenvalue weighted by Crippen LogP contribution is 2.40. The van der Waals surface area contributed by atoms with E-state index < -0.39 is 0 Å². The molecule has 6 heteroatoms. The number of anilines is 1. The topological polar surface area (TPSA) is 72.0 Å². The number of esters is 1. The molecule has 0 saturated heterocycles. The summed E-state index contributed by atoms with van der Waals surface area (Å²) in [5.41, 5.74) is 2.82. The summed E-state index contributed by atoms with van der Waals surface area (Å²) in [5.74, 6) is 0.177. The van der Waals surface area contributed by atoms with E-state index >= 15 is 0 Å². The summed E-state index contributed by atoms with van der Waals surface area (Å²) in [6.45, 7) is 6.74. The molecule has 0 fully saturated rings. The maximum atomic E-state index is 12.6. The predicted molar refractivity (Wildman–Crippen MR) is 112 cm³/mol. The van der Waals surface area contributed by atoms with Gasteiger partial charge in [0.15, 0.2) is 6.54 Å². The molecule has 1 amide bonds. The molecule has 1 aliphatic rings. The molecule has 0 saturated carbocycles. The third-order valence-corrected chi connectivity index (χ3v) is 6.40. The number of hydrogen-bond donors (Lipinski definition) is 2. The lowest BCUT2D eigenvalue weighted by molar-refractivity contribution is -0.682. The van der Waals surface area contributed by atoms with Crippen LogP contribution < -0.4 is 10.6 Å². The number of carbonyl (C=O) groups excluding carboxylic acids is 2. The molecule has 2 aromatic rings. The monoisotopic (exact) mass is 401 g/mol. The van der Waals surface area contributed by atoms with Gasteiger partial charge in [-0.25, -0.2) is 4.79 Å². The lowest BCUT2D eigenvalue weighted by Gasteiger charge is -2.18. The Morgan fingerprint density at radius 3 is 2.79 bits per heavy atom. The average molecular weight is 402 g/mol. The van der Waals surface area contributed by atoms with E-state index in [1.165, 1.54) is 21.8 Å². The molecule has 28 heavy (non-hydrogen) atoms. The maximum absolute atomic E-state index is 12.6. The van der Waals surface area contributed by atoms with Crippen LogP contribution in [0.4, 0.5) is 5.00 Å². The summed E-state index contributed by atoms with van der Waals surface area (Å²) in [6, 6.07) is 10.3. The zero-order valence-electron chi connectivity index (χ0n) is 16.8. The van der Waals surface area contributed by atoms with Crippen LogP contribution in [0.25, 0.3) is 0 Å². The fourth-order valence-electron chi connectivity index (χ4n) is 3.61. The second kappa shape index (κ2) is 9.34. The van der Waals surface area contributed by atoms with E-state index in [0.717, 1.165) is 24.8 Å². The van der Waals surface area contributed by atoms with Crippen LogP contribution in [-0.4, -0.2) is 25.0 Å². The van der Waals surface area contributed by atoms with Crippen molar-refractivity contribution in [2.45, 2.75) is 46.1 Å².